The number of hydrogen-bond donors (Lipinski definition) is 2. The third kappa shape index (κ3) is 6.40. The predicted molar refractivity (Wildman–Crippen MR) is 129 cm³/mol. The number of alkyl halides is 3. The van der Waals surface area contributed by atoms with Crippen molar-refractivity contribution in [2.75, 3.05) is 26.3 Å². The molecule has 0 bridgehead atoms. The van der Waals surface area contributed by atoms with Crippen LogP contribution in [0.1, 0.15) is 37.7 Å². The van der Waals surface area contributed by atoms with Crippen molar-refractivity contribution in [2.45, 2.75) is 49.1 Å². The smallest absolute Gasteiger partial charge is 0.416 e. The molecule has 208 valence electrons. The van der Waals surface area contributed by atoms with Crippen molar-refractivity contribution in [1.82, 2.24) is 9.79 Å². The summed E-state index contributed by atoms with van der Waals surface area (Å²) < 4.78 is 82.2. The van der Waals surface area contributed by atoms with Gasteiger partial charge in [0.2, 0.25) is 15.9 Å². The van der Waals surface area contributed by atoms with E-state index in [1.165, 1.54) is 21.9 Å². The molecule has 2 N–H and O–H groups in total. The molecule has 9 nitrogen and oxygen atoms in total. The van der Waals surface area contributed by atoms with E-state index in [0.29, 0.717) is 24.3 Å². The van der Waals surface area contributed by atoms with E-state index in [4.69, 9.17) is 19.4 Å². The highest BCUT2D eigenvalue weighted by Gasteiger charge is 2.50. The molecular weight excluding hydrogens is 529 g/mol. The van der Waals surface area contributed by atoms with Gasteiger partial charge in [-0.1, -0.05) is 0 Å². The Kier molecular flexibility index (Phi) is 8.50. The molecule has 4 rings (SSSR count). The Labute approximate surface area is 218 Å². The lowest BCUT2D eigenvalue weighted by atomic mass is 9.95. The lowest BCUT2D eigenvalue weighted by molar-refractivity contribution is -0.137. The molecule has 2 aromatic carbocycles. The molecule has 0 spiro atoms. The summed E-state index contributed by atoms with van der Waals surface area (Å²) in [5.74, 6) is 0.483. The molecule has 0 aromatic heterocycles. The van der Waals surface area contributed by atoms with Crippen molar-refractivity contribution in [3.05, 3.63) is 54.1 Å². The summed E-state index contributed by atoms with van der Waals surface area (Å²) >= 11 is 0. The maximum absolute atomic E-state index is 13.5. The van der Waals surface area contributed by atoms with E-state index in [-0.39, 0.29) is 57.4 Å². The Morgan fingerprint density at radius 1 is 1.00 bits per heavy atom. The topological polar surface area (TPSA) is 114 Å². The quantitative estimate of drug-likeness (QED) is 0.370. The summed E-state index contributed by atoms with van der Waals surface area (Å²) in [6.45, 7) is 0.892. The molecule has 13 heteroatoms. The molecule has 2 aliphatic heterocycles. The highest BCUT2D eigenvalue weighted by molar-refractivity contribution is 7.90. The second-order valence-electron chi connectivity index (χ2n) is 9.32. The van der Waals surface area contributed by atoms with Crippen molar-refractivity contribution < 1.29 is 45.8 Å². The van der Waals surface area contributed by atoms with E-state index in [9.17, 15) is 26.4 Å². The number of carbonyl (C=O) groups excluding carboxylic acids is 1. The van der Waals surface area contributed by atoms with Gasteiger partial charge >= 0.3 is 6.18 Å². The minimum absolute atomic E-state index is 0.167. The van der Waals surface area contributed by atoms with Crippen LogP contribution in [0.15, 0.2) is 48.5 Å². The number of amides is 1. The van der Waals surface area contributed by atoms with Gasteiger partial charge in [-0.15, -0.1) is 0 Å². The first kappa shape index (κ1) is 28.1. The van der Waals surface area contributed by atoms with Crippen LogP contribution in [0.5, 0.6) is 17.2 Å². The second-order valence-corrected chi connectivity index (χ2v) is 11.7. The molecule has 0 atom stereocenters. The molecule has 2 aliphatic rings. The van der Waals surface area contributed by atoms with Gasteiger partial charge in [0.05, 0.1) is 10.3 Å². The van der Waals surface area contributed by atoms with Gasteiger partial charge in [0.15, 0.2) is 0 Å². The minimum Gasteiger partial charge on any atom is -0.490 e. The molecule has 2 saturated heterocycles. The average Bonchev–Trinajstić information content (AvgIpc) is 2.90. The molecule has 0 radical (unpaired) electrons. The van der Waals surface area contributed by atoms with Crippen LogP contribution in [0, 0.1) is 0 Å². The van der Waals surface area contributed by atoms with Crippen molar-refractivity contribution in [3.8, 4) is 17.2 Å². The Bertz CT molecular complexity index is 1190. The van der Waals surface area contributed by atoms with Crippen LogP contribution in [-0.4, -0.2) is 61.0 Å². The highest BCUT2D eigenvalue weighted by atomic mass is 32.2. The molecule has 0 unspecified atom stereocenters. The Balaban J connectivity index is 1.32. The third-order valence-corrected chi connectivity index (χ3v) is 9.54. The SMILES string of the molecule is O=C(CC1(S(=O)(=O)N2CCC(Oc3ccc(Oc4ccc(C(F)(F)F)cc4)cc3)CC2)CCOCC1)NO. The average molecular weight is 559 g/mol. The highest BCUT2D eigenvalue weighted by Crippen LogP contribution is 2.37. The van der Waals surface area contributed by atoms with Gasteiger partial charge in [0.25, 0.3) is 0 Å². The van der Waals surface area contributed by atoms with Crippen LogP contribution in [0.2, 0.25) is 0 Å². The van der Waals surface area contributed by atoms with Gasteiger partial charge in [0, 0.05) is 32.7 Å². The number of nitrogens with zero attached hydrogens (tertiary/aromatic N) is 1. The summed E-state index contributed by atoms with van der Waals surface area (Å²) in [6, 6.07) is 11.0. The monoisotopic (exact) mass is 558 g/mol. The van der Waals surface area contributed by atoms with Crippen LogP contribution < -0.4 is 15.0 Å². The standard InChI is InChI=1S/C25H29F3N2O7S/c26-25(27,28)18-1-3-19(4-2-18)36-20-5-7-21(8-6-20)37-22-9-13-30(14-10-22)38(33,34)24(17-23(31)29-32)11-15-35-16-12-24/h1-8,22,32H,9-17H2,(H,29,31). The molecule has 2 heterocycles. The summed E-state index contributed by atoms with van der Waals surface area (Å²) in [6.07, 6.45) is -3.76. The number of nitrogens with one attached hydrogen (secondary N) is 1. The predicted octanol–water partition coefficient (Wildman–Crippen LogP) is 4.12. The van der Waals surface area contributed by atoms with Crippen molar-refractivity contribution in [2.24, 2.45) is 0 Å². The van der Waals surface area contributed by atoms with E-state index in [0.717, 1.165) is 12.1 Å². The molecule has 0 saturated carbocycles. The van der Waals surface area contributed by atoms with Gasteiger partial charge in [-0.2, -0.15) is 13.2 Å². The first-order valence-corrected chi connectivity index (χ1v) is 13.6. The van der Waals surface area contributed by atoms with E-state index in [1.807, 2.05) is 0 Å². The lowest BCUT2D eigenvalue weighted by Crippen LogP contribution is -2.55. The van der Waals surface area contributed by atoms with E-state index in [1.54, 1.807) is 24.3 Å². The number of benzene rings is 2. The van der Waals surface area contributed by atoms with E-state index in [2.05, 4.69) is 0 Å². The largest absolute Gasteiger partial charge is 0.490 e. The lowest BCUT2D eigenvalue weighted by Gasteiger charge is -2.41. The third-order valence-electron chi connectivity index (χ3n) is 6.84. The van der Waals surface area contributed by atoms with Crippen molar-refractivity contribution >= 4 is 15.9 Å². The van der Waals surface area contributed by atoms with Crippen LogP contribution >= 0.6 is 0 Å². The maximum Gasteiger partial charge on any atom is 0.416 e. The summed E-state index contributed by atoms with van der Waals surface area (Å²) in [5, 5.41) is 8.96. The van der Waals surface area contributed by atoms with Gasteiger partial charge in [0.1, 0.15) is 23.4 Å². The Morgan fingerprint density at radius 2 is 1.53 bits per heavy atom. The fourth-order valence-corrected chi connectivity index (χ4v) is 6.93. The van der Waals surface area contributed by atoms with Crippen LogP contribution in [-0.2, 0) is 25.7 Å². The van der Waals surface area contributed by atoms with Gasteiger partial charge in [-0.05, 0) is 74.2 Å². The minimum atomic E-state index is -4.42. The number of sulfonamides is 1. The number of rotatable bonds is 8. The second kappa shape index (κ2) is 11.5. The van der Waals surface area contributed by atoms with Crippen LogP contribution in [0.3, 0.4) is 0 Å². The summed E-state index contributed by atoms with van der Waals surface area (Å²) in [7, 11) is -3.85. The number of halogens is 3. The Morgan fingerprint density at radius 3 is 2.05 bits per heavy atom. The molecular formula is C25H29F3N2O7S. The van der Waals surface area contributed by atoms with E-state index < -0.39 is 32.4 Å². The number of piperidine rings is 1. The zero-order valence-electron chi connectivity index (χ0n) is 20.4. The molecule has 38 heavy (non-hydrogen) atoms. The van der Waals surface area contributed by atoms with Crippen LogP contribution in [0.25, 0.3) is 0 Å². The fourth-order valence-electron chi connectivity index (χ4n) is 4.69. The molecule has 2 aromatic rings. The summed E-state index contributed by atoms with van der Waals surface area (Å²) in [4.78, 5) is 11.9. The molecule has 1 amide bonds. The number of carbonyl (C=O) groups is 1. The molecule has 2 fully saturated rings. The first-order chi connectivity index (χ1) is 18.0. The van der Waals surface area contributed by atoms with Crippen molar-refractivity contribution in [1.29, 1.82) is 0 Å². The number of ether oxygens (including phenoxy) is 3. The van der Waals surface area contributed by atoms with Gasteiger partial charge in [-0.25, -0.2) is 18.2 Å². The van der Waals surface area contributed by atoms with Crippen LogP contribution in [0.4, 0.5) is 13.2 Å². The Hall–Kier alpha value is -2.87. The number of hydroxylamine groups is 1. The first-order valence-electron chi connectivity index (χ1n) is 12.1. The molecule has 0 aliphatic carbocycles. The van der Waals surface area contributed by atoms with Gasteiger partial charge < -0.3 is 14.2 Å². The van der Waals surface area contributed by atoms with E-state index >= 15 is 0 Å². The normalized spacial score (nSPS) is 19.1. The maximum atomic E-state index is 13.5. The summed E-state index contributed by atoms with van der Waals surface area (Å²) in [5.41, 5.74) is 0.780. The van der Waals surface area contributed by atoms with Crippen molar-refractivity contribution in [3.63, 3.8) is 0 Å². The fraction of sp³-hybridized carbons (Fsp3) is 0.480. The number of hydrogen-bond acceptors (Lipinski definition) is 7. The zero-order valence-corrected chi connectivity index (χ0v) is 21.3. The van der Waals surface area contributed by atoms with Gasteiger partial charge in [-0.3, -0.25) is 10.0 Å². The zero-order chi connectivity index (χ0) is 27.4.